The number of benzene rings is 2. The smallest absolute Gasteiger partial charge is 0.261 e. The van der Waals surface area contributed by atoms with Gasteiger partial charge in [0.2, 0.25) is 5.91 Å². The molecule has 1 aromatic heterocycles. The second-order valence-corrected chi connectivity index (χ2v) is 9.50. The second kappa shape index (κ2) is 8.76. The number of halogens is 2. The Morgan fingerprint density at radius 3 is 2.56 bits per heavy atom. The van der Waals surface area contributed by atoms with E-state index in [0.29, 0.717) is 22.7 Å². The molecule has 4 rings (SSSR count). The lowest BCUT2D eigenvalue weighted by atomic mass is 10.2. The highest BCUT2D eigenvalue weighted by molar-refractivity contribution is 7.92. The number of aryl methyl sites for hydroxylation is 1. The summed E-state index contributed by atoms with van der Waals surface area (Å²) >= 11 is 5.70. The molecule has 1 amide bonds. The molecule has 3 aromatic rings. The largest absolute Gasteiger partial charge is 0.354 e. The molecule has 0 spiro atoms. The number of sulfonamides is 1. The summed E-state index contributed by atoms with van der Waals surface area (Å²) in [4.78, 5) is 12.1. The van der Waals surface area contributed by atoms with Crippen molar-refractivity contribution in [3.8, 4) is 0 Å². The highest BCUT2D eigenvalue weighted by Gasteiger charge is 2.30. The zero-order valence-corrected chi connectivity index (χ0v) is 18.5. The molecule has 2 aromatic carbocycles. The number of carbonyl (C=O) groups excluding carboxylic acids is 1. The summed E-state index contributed by atoms with van der Waals surface area (Å²) in [5.74, 6) is -0.225. The maximum Gasteiger partial charge on any atom is 0.261 e. The van der Waals surface area contributed by atoms with E-state index < -0.39 is 15.8 Å². The molecule has 0 unspecified atom stereocenters. The summed E-state index contributed by atoms with van der Waals surface area (Å²) in [6.07, 6.45) is 5.15. The van der Waals surface area contributed by atoms with Gasteiger partial charge < -0.3 is 9.84 Å². The molecule has 1 fully saturated rings. The fourth-order valence-corrected chi connectivity index (χ4v) is 4.16. The van der Waals surface area contributed by atoms with Gasteiger partial charge in [0.15, 0.2) is 5.76 Å². The van der Waals surface area contributed by atoms with Crippen LogP contribution in [0, 0.1) is 18.7 Å². The Morgan fingerprint density at radius 1 is 1.19 bits per heavy atom. The minimum Gasteiger partial charge on any atom is -0.354 e. The van der Waals surface area contributed by atoms with Gasteiger partial charge in [-0.15, -0.1) is 0 Å². The van der Waals surface area contributed by atoms with Crippen LogP contribution in [-0.4, -0.2) is 19.5 Å². The van der Waals surface area contributed by atoms with Crippen molar-refractivity contribution in [2.24, 2.45) is 5.92 Å². The van der Waals surface area contributed by atoms with Gasteiger partial charge in [0.25, 0.3) is 10.0 Å². The molecule has 166 valence electrons. The third-order valence-electron chi connectivity index (χ3n) is 4.87. The summed E-state index contributed by atoms with van der Waals surface area (Å²) in [6.45, 7) is 1.74. The maximum absolute atomic E-state index is 13.3. The number of nitrogens with zero attached hydrogens (tertiary/aromatic N) is 1. The molecule has 7 nitrogen and oxygen atoms in total. The summed E-state index contributed by atoms with van der Waals surface area (Å²) < 4.78 is 46.1. The zero-order chi connectivity index (χ0) is 22.9. The molecule has 10 heteroatoms. The predicted molar refractivity (Wildman–Crippen MR) is 120 cm³/mol. The van der Waals surface area contributed by atoms with Crippen LogP contribution in [0.2, 0.25) is 5.02 Å². The number of hydrogen-bond donors (Lipinski definition) is 2. The maximum atomic E-state index is 13.3. The van der Waals surface area contributed by atoms with Crippen LogP contribution in [0.4, 0.5) is 15.8 Å². The Bertz CT molecular complexity index is 1300. The van der Waals surface area contributed by atoms with Crippen molar-refractivity contribution in [3.63, 3.8) is 0 Å². The number of anilines is 2. The van der Waals surface area contributed by atoms with Gasteiger partial charge in [-0.05, 0) is 61.7 Å². The van der Waals surface area contributed by atoms with Crippen LogP contribution < -0.4 is 10.0 Å². The number of amides is 1. The highest BCUT2D eigenvalue weighted by Crippen LogP contribution is 2.32. The van der Waals surface area contributed by atoms with E-state index >= 15 is 0 Å². The molecule has 1 aliphatic carbocycles. The number of hydrogen-bond acceptors (Lipinski definition) is 5. The van der Waals surface area contributed by atoms with Crippen molar-refractivity contribution in [2.45, 2.75) is 24.7 Å². The van der Waals surface area contributed by atoms with E-state index in [9.17, 15) is 17.6 Å². The fraction of sp³-hybridized carbons (Fsp3) is 0.182. The fourth-order valence-electron chi connectivity index (χ4n) is 2.93. The Balaban J connectivity index is 1.47. The van der Waals surface area contributed by atoms with Crippen molar-refractivity contribution < 1.29 is 22.1 Å². The first-order chi connectivity index (χ1) is 15.2. The van der Waals surface area contributed by atoms with Crippen molar-refractivity contribution in [1.82, 2.24) is 5.16 Å². The molecule has 0 aliphatic heterocycles. The van der Waals surface area contributed by atoms with Gasteiger partial charge >= 0.3 is 0 Å². The Kier molecular flexibility index (Phi) is 6.03. The molecule has 2 N–H and O–H groups in total. The Labute approximate surface area is 189 Å². The Morgan fingerprint density at radius 2 is 1.91 bits per heavy atom. The average molecular weight is 476 g/mol. The first-order valence-corrected chi connectivity index (χ1v) is 11.6. The van der Waals surface area contributed by atoms with E-state index in [-0.39, 0.29) is 27.4 Å². The second-order valence-electron chi connectivity index (χ2n) is 7.41. The topological polar surface area (TPSA) is 101 Å². The van der Waals surface area contributed by atoms with Crippen molar-refractivity contribution >= 4 is 51.1 Å². The average Bonchev–Trinajstić information content (AvgIpc) is 3.55. The summed E-state index contributed by atoms with van der Waals surface area (Å²) in [7, 11) is -3.88. The molecule has 1 heterocycles. The number of carbonyl (C=O) groups is 1. The van der Waals surface area contributed by atoms with Crippen LogP contribution in [0.5, 0.6) is 0 Å². The molecular formula is C22H19ClFN3O4S. The third-order valence-corrected chi connectivity index (χ3v) is 6.56. The van der Waals surface area contributed by atoms with Crippen molar-refractivity contribution in [2.75, 3.05) is 10.0 Å². The molecule has 0 atom stereocenters. The summed E-state index contributed by atoms with van der Waals surface area (Å²) in [5, 5.41) is 6.57. The van der Waals surface area contributed by atoms with Crippen LogP contribution in [-0.2, 0) is 14.8 Å². The van der Waals surface area contributed by atoms with Gasteiger partial charge in [0.05, 0.1) is 15.6 Å². The van der Waals surface area contributed by atoms with Gasteiger partial charge in [0.1, 0.15) is 17.2 Å². The number of rotatable bonds is 7. The first kappa shape index (κ1) is 22.0. The molecule has 0 saturated heterocycles. The van der Waals surface area contributed by atoms with Crippen molar-refractivity contribution in [1.29, 1.82) is 0 Å². The first-order valence-electron chi connectivity index (χ1n) is 9.76. The van der Waals surface area contributed by atoms with Crippen LogP contribution in [0.3, 0.4) is 0 Å². The van der Waals surface area contributed by atoms with Gasteiger partial charge in [-0.2, -0.15) is 0 Å². The lowest BCUT2D eigenvalue weighted by molar-refractivity contribution is -0.117. The van der Waals surface area contributed by atoms with E-state index in [1.165, 1.54) is 24.3 Å². The molecule has 0 radical (unpaired) electrons. The van der Waals surface area contributed by atoms with E-state index in [1.807, 2.05) is 0 Å². The molecular weight excluding hydrogens is 457 g/mol. The van der Waals surface area contributed by atoms with E-state index in [4.69, 9.17) is 16.1 Å². The van der Waals surface area contributed by atoms with Crippen LogP contribution in [0.25, 0.3) is 12.2 Å². The quantitative estimate of drug-likeness (QED) is 0.495. The number of aromatic nitrogens is 1. The van der Waals surface area contributed by atoms with E-state index in [0.717, 1.165) is 18.9 Å². The predicted octanol–water partition coefficient (Wildman–Crippen LogP) is 5.10. The molecule has 0 bridgehead atoms. The van der Waals surface area contributed by atoms with Gasteiger partial charge in [-0.1, -0.05) is 35.0 Å². The van der Waals surface area contributed by atoms with Gasteiger partial charge in [-0.25, -0.2) is 12.8 Å². The number of nitrogens with one attached hydrogen (secondary N) is 2. The lowest BCUT2D eigenvalue weighted by Crippen LogP contribution is -2.14. The minimum absolute atomic E-state index is 0.0305. The van der Waals surface area contributed by atoms with E-state index in [2.05, 4.69) is 15.2 Å². The van der Waals surface area contributed by atoms with Crippen molar-refractivity contribution in [3.05, 3.63) is 70.3 Å². The minimum atomic E-state index is -3.88. The van der Waals surface area contributed by atoms with Gasteiger partial charge in [0, 0.05) is 5.92 Å². The van der Waals surface area contributed by atoms with E-state index in [1.54, 1.807) is 31.2 Å². The standard InChI is InChI=1S/C22H19ClFN3O4S/c1-13-21(25-22(28)15-5-6-15)20(31-26-13)11-4-14-2-8-17(9-3-14)32(29,30)27-16-7-10-19(24)18(23)12-16/h2-4,7-12,15,27H,5-6H2,1H3,(H,25,28). The SMILES string of the molecule is Cc1noc(C=Cc2ccc(S(=O)(=O)Nc3ccc(F)c(Cl)c3)cc2)c1NC(=O)C1CC1. The van der Waals surface area contributed by atoms with Crippen LogP contribution in [0.15, 0.2) is 51.9 Å². The van der Waals surface area contributed by atoms with Crippen LogP contribution >= 0.6 is 11.6 Å². The molecule has 32 heavy (non-hydrogen) atoms. The molecule has 1 aliphatic rings. The normalized spacial score (nSPS) is 14.0. The zero-order valence-electron chi connectivity index (χ0n) is 16.9. The lowest BCUT2D eigenvalue weighted by Gasteiger charge is -2.09. The monoisotopic (exact) mass is 475 g/mol. The molecule has 1 saturated carbocycles. The summed E-state index contributed by atoms with van der Waals surface area (Å²) in [5.41, 5.74) is 1.97. The van der Waals surface area contributed by atoms with Crippen LogP contribution in [0.1, 0.15) is 29.9 Å². The summed E-state index contributed by atoms with van der Waals surface area (Å²) in [6, 6.07) is 9.69. The highest BCUT2D eigenvalue weighted by atomic mass is 35.5. The third kappa shape index (κ3) is 5.00. The Hall–Kier alpha value is -3.17. The van der Waals surface area contributed by atoms with Gasteiger partial charge in [-0.3, -0.25) is 9.52 Å².